The predicted molar refractivity (Wildman–Crippen MR) is 148 cm³/mol. The summed E-state index contributed by atoms with van der Waals surface area (Å²) in [6.07, 6.45) is 3.10. The summed E-state index contributed by atoms with van der Waals surface area (Å²) in [7, 11) is 3.97. The Bertz CT molecular complexity index is 1280. The number of ether oxygens (including phenoxy) is 1. The van der Waals surface area contributed by atoms with Crippen molar-refractivity contribution in [3.05, 3.63) is 62.7 Å². The molecular weight excluding hydrogens is 539 g/mol. The minimum absolute atomic E-state index is 0.132. The number of hydrogen-bond donors (Lipinski definition) is 1. The zero-order chi connectivity index (χ0) is 25.7. The first-order valence-electron chi connectivity index (χ1n) is 11.2. The number of nitrogens with zero attached hydrogens (tertiary/aromatic N) is 5. The average Bonchev–Trinajstić information content (AvgIpc) is 3.43. The van der Waals surface area contributed by atoms with E-state index in [9.17, 15) is 4.79 Å². The van der Waals surface area contributed by atoms with Crippen molar-refractivity contribution in [1.82, 2.24) is 30.4 Å². The highest BCUT2D eigenvalue weighted by molar-refractivity contribution is 8.26. The Balaban J connectivity index is 1.58. The van der Waals surface area contributed by atoms with Gasteiger partial charge < -0.3 is 9.64 Å². The number of benzene rings is 2. The number of carbonyl (C=O) groups excluding carboxylic acids is 1. The molecule has 36 heavy (non-hydrogen) atoms. The quantitative estimate of drug-likeness (QED) is 0.274. The largest absolute Gasteiger partial charge is 0.492 e. The van der Waals surface area contributed by atoms with Crippen LogP contribution in [-0.4, -0.2) is 74.4 Å². The van der Waals surface area contributed by atoms with E-state index in [1.54, 1.807) is 17.0 Å². The molecule has 4 rings (SSSR count). The van der Waals surface area contributed by atoms with E-state index >= 15 is 0 Å². The van der Waals surface area contributed by atoms with Crippen LogP contribution in [0.3, 0.4) is 0 Å². The number of thiocarbonyl (C=S) groups is 1. The SMILES string of the molecule is CN(C)CCOc1ccc(-c2ccc(Cl)cc2Cl)cc1C=C1SC(=S)N(CCCc2nn[nH]n2)C1=O. The number of rotatable bonds is 10. The highest BCUT2D eigenvalue weighted by Gasteiger charge is 2.32. The van der Waals surface area contributed by atoms with Gasteiger partial charge in [0.1, 0.15) is 16.7 Å². The van der Waals surface area contributed by atoms with Crippen LogP contribution < -0.4 is 4.74 Å². The highest BCUT2D eigenvalue weighted by Crippen LogP contribution is 2.37. The second-order valence-corrected chi connectivity index (χ2v) is 10.8. The first-order chi connectivity index (χ1) is 17.3. The van der Waals surface area contributed by atoms with Crippen LogP contribution in [0.2, 0.25) is 10.0 Å². The van der Waals surface area contributed by atoms with Crippen LogP contribution in [0.5, 0.6) is 5.75 Å². The molecule has 0 radical (unpaired) electrons. The second-order valence-electron chi connectivity index (χ2n) is 8.29. The van der Waals surface area contributed by atoms with Gasteiger partial charge in [-0.15, -0.1) is 10.2 Å². The van der Waals surface area contributed by atoms with E-state index in [0.717, 1.165) is 23.2 Å². The Hall–Kier alpha value is -2.50. The third-order valence-electron chi connectivity index (χ3n) is 5.38. The smallest absolute Gasteiger partial charge is 0.266 e. The lowest BCUT2D eigenvalue weighted by atomic mass is 10.0. The molecule has 0 saturated carbocycles. The standard InChI is InChI=1S/C24H24Cl2N6O2S2/c1-31(2)10-11-34-20-8-5-15(18-7-6-17(25)14-19(18)26)12-16(20)13-21-23(33)32(24(35)36-21)9-3-4-22-27-29-30-28-22/h5-8,12-14H,3-4,9-11H2,1-2H3,(H,27,28,29,30). The molecule has 188 valence electrons. The molecule has 12 heteroatoms. The van der Waals surface area contributed by atoms with E-state index in [1.807, 2.05) is 49.3 Å². The predicted octanol–water partition coefficient (Wildman–Crippen LogP) is 4.95. The zero-order valence-corrected chi connectivity index (χ0v) is 22.8. The van der Waals surface area contributed by atoms with Gasteiger partial charge in [0.15, 0.2) is 5.82 Å². The lowest BCUT2D eigenvalue weighted by Crippen LogP contribution is -2.29. The Morgan fingerprint density at radius 2 is 2.06 bits per heavy atom. The topological polar surface area (TPSA) is 87.2 Å². The monoisotopic (exact) mass is 562 g/mol. The molecule has 1 aromatic heterocycles. The van der Waals surface area contributed by atoms with Crippen molar-refractivity contribution in [3.8, 4) is 16.9 Å². The first kappa shape index (κ1) is 26.6. The molecule has 0 bridgehead atoms. The van der Waals surface area contributed by atoms with E-state index in [0.29, 0.717) is 56.8 Å². The number of aromatic amines is 1. The molecule has 0 atom stereocenters. The Morgan fingerprint density at radius 1 is 1.22 bits per heavy atom. The number of nitrogens with one attached hydrogen (secondary N) is 1. The third-order valence-corrected chi connectivity index (χ3v) is 7.31. The van der Waals surface area contributed by atoms with Crippen LogP contribution in [0.15, 0.2) is 41.3 Å². The second kappa shape index (κ2) is 12.2. The minimum Gasteiger partial charge on any atom is -0.492 e. The van der Waals surface area contributed by atoms with Crippen molar-refractivity contribution in [3.63, 3.8) is 0 Å². The normalized spacial score (nSPS) is 14.9. The lowest BCUT2D eigenvalue weighted by Gasteiger charge is -2.15. The van der Waals surface area contributed by atoms with Gasteiger partial charge in [-0.05, 0) is 56.4 Å². The molecule has 1 aliphatic rings. The van der Waals surface area contributed by atoms with Crippen molar-refractivity contribution in [1.29, 1.82) is 0 Å². The van der Waals surface area contributed by atoms with Crippen molar-refractivity contribution < 1.29 is 9.53 Å². The molecule has 0 unspecified atom stereocenters. The number of amides is 1. The molecule has 2 heterocycles. The summed E-state index contributed by atoms with van der Waals surface area (Å²) < 4.78 is 6.58. The maximum atomic E-state index is 13.2. The molecule has 8 nitrogen and oxygen atoms in total. The number of tetrazole rings is 1. The molecule has 1 amide bonds. The average molecular weight is 564 g/mol. The van der Waals surface area contributed by atoms with Gasteiger partial charge in [-0.2, -0.15) is 5.21 Å². The summed E-state index contributed by atoms with van der Waals surface area (Å²) in [5.41, 5.74) is 2.49. The van der Waals surface area contributed by atoms with Crippen LogP contribution in [0.25, 0.3) is 17.2 Å². The molecule has 1 aliphatic heterocycles. The number of thioether (sulfide) groups is 1. The van der Waals surface area contributed by atoms with Gasteiger partial charge in [0.2, 0.25) is 0 Å². The van der Waals surface area contributed by atoms with Crippen molar-refractivity contribution in [2.45, 2.75) is 12.8 Å². The number of likely N-dealkylation sites (N-methyl/N-ethyl adjacent to an activating group) is 1. The van der Waals surface area contributed by atoms with E-state index in [4.69, 9.17) is 40.2 Å². The van der Waals surface area contributed by atoms with Crippen LogP contribution >= 0.6 is 47.2 Å². The fourth-order valence-electron chi connectivity index (χ4n) is 3.54. The van der Waals surface area contributed by atoms with Gasteiger partial charge in [0.05, 0.1) is 4.91 Å². The molecular formula is C24H24Cl2N6O2S2. The molecule has 1 saturated heterocycles. The molecule has 2 aromatic carbocycles. The van der Waals surface area contributed by atoms with E-state index in [2.05, 4.69) is 20.6 Å². The lowest BCUT2D eigenvalue weighted by molar-refractivity contribution is -0.122. The van der Waals surface area contributed by atoms with Crippen LogP contribution in [-0.2, 0) is 11.2 Å². The molecule has 1 fully saturated rings. The number of aromatic nitrogens is 4. The van der Waals surface area contributed by atoms with Crippen molar-refractivity contribution in [2.75, 3.05) is 33.8 Å². The number of H-pyrrole nitrogens is 1. The van der Waals surface area contributed by atoms with Crippen molar-refractivity contribution >= 4 is 63.5 Å². The first-order valence-corrected chi connectivity index (χ1v) is 13.1. The minimum atomic E-state index is -0.132. The van der Waals surface area contributed by atoms with E-state index in [1.165, 1.54) is 11.8 Å². The van der Waals surface area contributed by atoms with Crippen molar-refractivity contribution in [2.24, 2.45) is 0 Å². The third kappa shape index (κ3) is 6.63. The summed E-state index contributed by atoms with van der Waals surface area (Å²) in [5.74, 6) is 1.15. The van der Waals surface area contributed by atoms with Gasteiger partial charge in [-0.1, -0.05) is 64.5 Å². The van der Waals surface area contributed by atoms with Crippen LogP contribution in [0.1, 0.15) is 17.8 Å². The summed E-state index contributed by atoms with van der Waals surface area (Å²) >= 11 is 19.3. The summed E-state index contributed by atoms with van der Waals surface area (Å²) in [6.45, 7) is 1.74. The maximum absolute atomic E-state index is 13.2. The Morgan fingerprint density at radius 3 is 2.78 bits per heavy atom. The number of carbonyl (C=O) groups is 1. The van der Waals surface area contributed by atoms with E-state index in [-0.39, 0.29) is 5.91 Å². The molecule has 1 N–H and O–H groups in total. The van der Waals surface area contributed by atoms with Gasteiger partial charge in [-0.25, -0.2) is 0 Å². The van der Waals surface area contributed by atoms with Gasteiger partial charge >= 0.3 is 0 Å². The summed E-state index contributed by atoms with van der Waals surface area (Å²) in [6, 6.07) is 11.2. The van der Waals surface area contributed by atoms with Crippen LogP contribution in [0.4, 0.5) is 0 Å². The van der Waals surface area contributed by atoms with Gasteiger partial charge in [-0.3, -0.25) is 9.69 Å². The molecule has 0 aliphatic carbocycles. The number of aryl methyl sites for hydroxylation is 1. The molecule has 3 aromatic rings. The maximum Gasteiger partial charge on any atom is 0.266 e. The Kier molecular flexibility index (Phi) is 8.97. The number of halogens is 2. The highest BCUT2D eigenvalue weighted by atomic mass is 35.5. The van der Waals surface area contributed by atoms with Gasteiger partial charge in [0, 0.05) is 40.7 Å². The number of hydrogen-bond acceptors (Lipinski definition) is 8. The van der Waals surface area contributed by atoms with Crippen LogP contribution in [0, 0.1) is 0 Å². The summed E-state index contributed by atoms with van der Waals surface area (Å²) in [5, 5.41) is 15.0. The zero-order valence-electron chi connectivity index (χ0n) is 19.7. The van der Waals surface area contributed by atoms with Gasteiger partial charge in [0.25, 0.3) is 5.91 Å². The summed E-state index contributed by atoms with van der Waals surface area (Å²) in [4.78, 5) is 17.4. The fourth-order valence-corrected chi connectivity index (χ4v) is 5.36. The molecule has 0 spiro atoms. The fraction of sp³-hybridized carbons (Fsp3) is 0.292. The Labute approximate surface area is 229 Å². The van der Waals surface area contributed by atoms with E-state index < -0.39 is 0 Å².